The first-order chi connectivity index (χ1) is 6.19. The SMILES string of the molecule is CO/N=C1\C[C@@H](C)OC(OC)[C@@H]1O. The first kappa shape index (κ1) is 10.4. The molecule has 1 rings (SSSR count). The average Bonchev–Trinajstić information content (AvgIpc) is 2.11. The van der Waals surface area contributed by atoms with Crippen LogP contribution in [-0.4, -0.2) is 43.5 Å². The van der Waals surface area contributed by atoms with Gasteiger partial charge in [-0.1, -0.05) is 5.16 Å². The molecule has 0 aliphatic carbocycles. The summed E-state index contributed by atoms with van der Waals surface area (Å²) >= 11 is 0. The molecule has 0 radical (unpaired) electrons. The van der Waals surface area contributed by atoms with Crippen molar-refractivity contribution in [1.82, 2.24) is 0 Å². The number of nitrogens with zero attached hydrogens (tertiary/aromatic N) is 1. The molecule has 1 aliphatic rings. The second kappa shape index (κ2) is 4.55. The largest absolute Gasteiger partial charge is 0.399 e. The van der Waals surface area contributed by atoms with E-state index < -0.39 is 12.4 Å². The van der Waals surface area contributed by atoms with Crippen LogP contribution >= 0.6 is 0 Å². The summed E-state index contributed by atoms with van der Waals surface area (Å²) in [6.07, 6.45) is -0.921. The first-order valence-corrected chi connectivity index (χ1v) is 4.15. The summed E-state index contributed by atoms with van der Waals surface area (Å²) in [5.41, 5.74) is 0.563. The highest BCUT2D eigenvalue weighted by Gasteiger charge is 2.33. The highest BCUT2D eigenvalue weighted by atomic mass is 16.7. The molecule has 0 aromatic heterocycles. The van der Waals surface area contributed by atoms with E-state index in [2.05, 4.69) is 9.99 Å². The lowest BCUT2D eigenvalue weighted by Gasteiger charge is -2.31. The third kappa shape index (κ3) is 2.40. The molecule has 0 bridgehead atoms. The molecule has 5 heteroatoms. The van der Waals surface area contributed by atoms with E-state index in [4.69, 9.17) is 9.47 Å². The van der Waals surface area contributed by atoms with Gasteiger partial charge in [-0.05, 0) is 6.92 Å². The van der Waals surface area contributed by atoms with Crippen molar-refractivity contribution >= 4 is 5.71 Å². The molecule has 1 saturated heterocycles. The molecule has 0 amide bonds. The van der Waals surface area contributed by atoms with Crippen molar-refractivity contribution in [3.05, 3.63) is 0 Å². The molecule has 0 spiro atoms. The van der Waals surface area contributed by atoms with Crippen LogP contribution in [0.15, 0.2) is 5.16 Å². The lowest BCUT2D eigenvalue weighted by molar-refractivity contribution is -0.194. The smallest absolute Gasteiger partial charge is 0.188 e. The molecule has 1 aliphatic heterocycles. The van der Waals surface area contributed by atoms with Gasteiger partial charge in [-0.3, -0.25) is 0 Å². The molecule has 0 aromatic carbocycles. The van der Waals surface area contributed by atoms with Gasteiger partial charge in [0.15, 0.2) is 6.29 Å². The Bertz CT molecular complexity index is 195. The van der Waals surface area contributed by atoms with Gasteiger partial charge in [-0.25, -0.2) is 0 Å². The van der Waals surface area contributed by atoms with E-state index in [1.54, 1.807) is 0 Å². The minimum absolute atomic E-state index is 0.0118. The van der Waals surface area contributed by atoms with Gasteiger partial charge in [0.25, 0.3) is 0 Å². The first-order valence-electron chi connectivity index (χ1n) is 4.15. The Hall–Kier alpha value is -0.650. The van der Waals surface area contributed by atoms with Gasteiger partial charge in [0.2, 0.25) is 0 Å². The van der Waals surface area contributed by atoms with Gasteiger partial charge in [0.05, 0.1) is 11.8 Å². The van der Waals surface area contributed by atoms with Gasteiger partial charge in [0, 0.05) is 13.5 Å². The van der Waals surface area contributed by atoms with Gasteiger partial charge in [-0.2, -0.15) is 0 Å². The summed E-state index contributed by atoms with van der Waals surface area (Å²) in [6, 6.07) is 0. The van der Waals surface area contributed by atoms with Crippen molar-refractivity contribution in [2.45, 2.75) is 31.8 Å². The molecule has 3 atom stereocenters. The Labute approximate surface area is 77.3 Å². The van der Waals surface area contributed by atoms with Crippen molar-refractivity contribution in [2.75, 3.05) is 14.2 Å². The van der Waals surface area contributed by atoms with Crippen LogP contribution in [0.25, 0.3) is 0 Å². The van der Waals surface area contributed by atoms with E-state index in [0.717, 1.165) is 0 Å². The van der Waals surface area contributed by atoms with Crippen LogP contribution in [0.2, 0.25) is 0 Å². The molecule has 1 heterocycles. The molecule has 1 fully saturated rings. The van der Waals surface area contributed by atoms with Crippen LogP contribution in [0, 0.1) is 0 Å². The maximum absolute atomic E-state index is 9.62. The molecule has 0 aromatic rings. The average molecular weight is 189 g/mol. The van der Waals surface area contributed by atoms with Crippen LogP contribution in [-0.2, 0) is 14.3 Å². The lowest BCUT2D eigenvalue weighted by atomic mass is 10.0. The predicted molar refractivity (Wildman–Crippen MR) is 46.4 cm³/mol. The van der Waals surface area contributed by atoms with E-state index >= 15 is 0 Å². The Morgan fingerprint density at radius 2 is 2.23 bits per heavy atom. The number of rotatable bonds is 2. The lowest BCUT2D eigenvalue weighted by Crippen LogP contribution is -2.45. The zero-order valence-corrected chi connectivity index (χ0v) is 8.06. The van der Waals surface area contributed by atoms with E-state index in [1.807, 2.05) is 6.92 Å². The third-order valence-electron chi connectivity index (χ3n) is 1.90. The van der Waals surface area contributed by atoms with Crippen molar-refractivity contribution in [3.8, 4) is 0 Å². The number of hydrogen-bond acceptors (Lipinski definition) is 5. The minimum atomic E-state index is -0.832. The van der Waals surface area contributed by atoms with Gasteiger partial charge < -0.3 is 19.4 Å². The topological polar surface area (TPSA) is 60.3 Å². The fraction of sp³-hybridized carbons (Fsp3) is 0.875. The Morgan fingerprint density at radius 3 is 2.77 bits per heavy atom. The quantitative estimate of drug-likeness (QED) is 0.627. The number of oxime groups is 1. The number of methoxy groups -OCH3 is 1. The monoisotopic (exact) mass is 189 g/mol. The molecule has 13 heavy (non-hydrogen) atoms. The van der Waals surface area contributed by atoms with E-state index in [-0.39, 0.29) is 6.10 Å². The van der Waals surface area contributed by atoms with Crippen molar-refractivity contribution in [2.24, 2.45) is 5.16 Å². The normalized spacial score (nSPS) is 37.8. The van der Waals surface area contributed by atoms with Gasteiger partial charge >= 0.3 is 0 Å². The van der Waals surface area contributed by atoms with Crippen molar-refractivity contribution in [1.29, 1.82) is 0 Å². The zero-order chi connectivity index (χ0) is 9.84. The molecule has 0 saturated carbocycles. The highest BCUT2D eigenvalue weighted by Crippen LogP contribution is 2.18. The van der Waals surface area contributed by atoms with E-state index in [1.165, 1.54) is 14.2 Å². The minimum Gasteiger partial charge on any atom is -0.399 e. The third-order valence-corrected chi connectivity index (χ3v) is 1.90. The highest BCUT2D eigenvalue weighted by molar-refractivity contribution is 5.89. The Morgan fingerprint density at radius 1 is 1.54 bits per heavy atom. The Kier molecular flexibility index (Phi) is 3.65. The molecular weight excluding hydrogens is 174 g/mol. The molecule has 1 unspecified atom stereocenters. The summed E-state index contributed by atoms with van der Waals surface area (Å²) in [6.45, 7) is 1.89. The van der Waals surface area contributed by atoms with E-state index in [9.17, 15) is 5.11 Å². The van der Waals surface area contributed by atoms with Crippen LogP contribution in [0.5, 0.6) is 0 Å². The molecule has 5 nitrogen and oxygen atoms in total. The molecule has 76 valence electrons. The standard InChI is InChI=1S/C8H15NO4/c1-5-4-6(9-12-3)7(10)8(11-2)13-5/h5,7-8,10H,4H2,1-3H3/b9-6+/t5-,7-,8?/m1/s1. The summed E-state index contributed by atoms with van der Waals surface area (Å²) in [7, 11) is 2.93. The number of aliphatic hydroxyl groups is 1. The fourth-order valence-electron chi connectivity index (χ4n) is 1.32. The van der Waals surface area contributed by atoms with Crippen LogP contribution in [0.1, 0.15) is 13.3 Å². The predicted octanol–water partition coefficient (Wildman–Crippen LogP) is 0.131. The number of aliphatic hydroxyl groups excluding tert-OH is 1. The molecule has 1 N–H and O–H groups in total. The van der Waals surface area contributed by atoms with Gasteiger partial charge in [0.1, 0.15) is 13.2 Å². The zero-order valence-electron chi connectivity index (χ0n) is 8.06. The maximum Gasteiger partial charge on any atom is 0.188 e. The number of hydrogen-bond donors (Lipinski definition) is 1. The summed E-state index contributed by atoms with van der Waals surface area (Å²) in [4.78, 5) is 4.61. The maximum atomic E-state index is 9.62. The molecular formula is C8H15NO4. The van der Waals surface area contributed by atoms with Crippen LogP contribution in [0.4, 0.5) is 0 Å². The van der Waals surface area contributed by atoms with Gasteiger partial charge in [-0.15, -0.1) is 0 Å². The summed E-state index contributed by atoms with van der Waals surface area (Å²) in [5.74, 6) is 0. The fourth-order valence-corrected chi connectivity index (χ4v) is 1.32. The van der Waals surface area contributed by atoms with Crippen molar-refractivity contribution in [3.63, 3.8) is 0 Å². The second-order valence-corrected chi connectivity index (χ2v) is 2.96. The summed E-state index contributed by atoms with van der Waals surface area (Å²) in [5, 5.41) is 13.3. The van der Waals surface area contributed by atoms with Crippen LogP contribution < -0.4 is 0 Å². The Balaban J connectivity index is 2.68. The second-order valence-electron chi connectivity index (χ2n) is 2.96. The number of ether oxygens (including phenoxy) is 2. The summed E-state index contributed by atoms with van der Waals surface area (Å²) < 4.78 is 10.3. The van der Waals surface area contributed by atoms with E-state index in [0.29, 0.717) is 12.1 Å². The van der Waals surface area contributed by atoms with Crippen molar-refractivity contribution < 1.29 is 19.4 Å². The van der Waals surface area contributed by atoms with Crippen LogP contribution in [0.3, 0.4) is 0 Å².